The zero-order valence-electron chi connectivity index (χ0n) is 16.3. The Labute approximate surface area is 171 Å². The number of nitrogens with one attached hydrogen (secondary N) is 1. The van der Waals surface area contributed by atoms with Crippen LogP contribution < -0.4 is 10.9 Å². The van der Waals surface area contributed by atoms with Crippen LogP contribution in [0, 0.1) is 11.7 Å². The summed E-state index contributed by atoms with van der Waals surface area (Å²) < 4.78 is 16.3. The van der Waals surface area contributed by atoms with Crippen LogP contribution in [0.15, 0.2) is 40.4 Å². The number of hydrogen-bond donors (Lipinski definition) is 1. The minimum absolute atomic E-state index is 0.0573. The molecular weight excluding hydrogens is 393 g/mol. The van der Waals surface area contributed by atoms with Gasteiger partial charge in [0.15, 0.2) is 10.8 Å². The van der Waals surface area contributed by atoms with Gasteiger partial charge in [-0.3, -0.25) is 14.2 Å². The summed E-state index contributed by atoms with van der Waals surface area (Å²) in [6.07, 6.45) is 2.65. The molecule has 1 aliphatic rings. The number of hydrogen-bond acceptors (Lipinski definition) is 5. The number of rotatable bonds is 6. The molecular formula is C20H22FN5O2S. The summed E-state index contributed by atoms with van der Waals surface area (Å²) in [5, 5.41) is 8.15. The van der Waals surface area contributed by atoms with Crippen molar-refractivity contribution in [1.29, 1.82) is 0 Å². The molecule has 1 N–H and O–H groups in total. The fourth-order valence-electron chi connectivity index (χ4n) is 3.34. The van der Waals surface area contributed by atoms with Gasteiger partial charge in [-0.05, 0) is 36.6 Å². The van der Waals surface area contributed by atoms with Crippen LogP contribution >= 0.6 is 11.8 Å². The normalized spacial score (nSPS) is 15.8. The maximum atomic E-state index is 13.2. The highest BCUT2D eigenvalue weighted by Crippen LogP contribution is 2.33. The first kappa shape index (κ1) is 19.6. The van der Waals surface area contributed by atoms with Crippen molar-refractivity contribution in [2.24, 2.45) is 5.92 Å². The standard InChI is InChI=1S/C20H22FN5O2S/c1-12(2)7-8-22-17(27)9-15-11-29-20-24-18-16(19(28)25(15)20)10-23-26(18)14-5-3-13(21)4-6-14/h3-6,10,12,15H,7-9,11H2,1-2H3,(H,22,27). The molecule has 1 unspecified atom stereocenters. The summed E-state index contributed by atoms with van der Waals surface area (Å²) in [4.78, 5) is 30.0. The number of fused-ring (bicyclic) bond motifs is 2. The van der Waals surface area contributed by atoms with Crippen LogP contribution in [0.25, 0.3) is 16.7 Å². The van der Waals surface area contributed by atoms with Crippen molar-refractivity contribution in [1.82, 2.24) is 24.6 Å². The van der Waals surface area contributed by atoms with Gasteiger partial charge in [0, 0.05) is 18.7 Å². The van der Waals surface area contributed by atoms with E-state index in [-0.39, 0.29) is 29.7 Å². The smallest absolute Gasteiger partial charge is 0.265 e. The third-order valence-corrected chi connectivity index (χ3v) is 6.00. The van der Waals surface area contributed by atoms with Crippen LogP contribution in [0.2, 0.25) is 0 Å². The Balaban J connectivity index is 1.61. The summed E-state index contributed by atoms with van der Waals surface area (Å²) in [6.45, 7) is 4.86. The highest BCUT2D eigenvalue weighted by Gasteiger charge is 2.29. The first-order chi connectivity index (χ1) is 13.9. The molecule has 0 bridgehead atoms. The lowest BCUT2D eigenvalue weighted by Crippen LogP contribution is -2.31. The molecule has 0 spiro atoms. The van der Waals surface area contributed by atoms with Crippen molar-refractivity contribution < 1.29 is 9.18 Å². The second-order valence-electron chi connectivity index (χ2n) is 7.54. The van der Waals surface area contributed by atoms with Gasteiger partial charge < -0.3 is 5.32 Å². The Kier molecular flexibility index (Phi) is 5.40. The molecule has 29 heavy (non-hydrogen) atoms. The number of carbonyl (C=O) groups excluding carboxylic acids is 1. The Morgan fingerprint density at radius 3 is 2.83 bits per heavy atom. The summed E-state index contributed by atoms with van der Waals surface area (Å²) in [5.41, 5.74) is 0.855. The Hall–Kier alpha value is -2.68. The van der Waals surface area contributed by atoms with Crippen molar-refractivity contribution in [2.45, 2.75) is 37.9 Å². The van der Waals surface area contributed by atoms with E-state index in [1.807, 2.05) is 0 Å². The molecule has 1 aromatic carbocycles. The van der Waals surface area contributed by atoms with Gasteiger partial charge in [0.1, 0.15) is 11.2 Å². The number of benzene rings is 1. The number of aromatic nitrogens is 4. The summed E-state index contributed by atoms with van der Waals surface area (Å²) in [6, 6.07) is 5.63. The van der Waals surface area contributed by atoms with Crippen molar-refractivity contribution in [3.05, 3.63) is 46.6 Å². The molecule has 3 aromatic rings. The molecule has 7 nitrogen and oxygen atoms in total. The van der Waals surface area contributed by atoms with E-state index >= 15 is 0 Å². The molecule has 152 valence electrons. The lowest BCUT2D eigenvalue weighted by molar-refractivity contribution is -0.121. The molecule has 0 saturated carbocycles. The average molecular weight is 415 g/mol. The van der Waals surface area contributed by atoms with Crippen LogP contribution in [0.5, 0.6) is 0 Å². The molecule has 4 rings (SSSR count). The number of thioether (sulfide) groups is 1. The van der Waals surface area contributed by atoms with Gasteiger partial charge in [0.2, 0.25) is 5.91 Å². The topological polar surface area (TPSA) is 81.8 Å². The number of amides is 1. The van der Waals surface area contributed by atoms with E-state index in [0.717, 1.165) is 6.42 Å². The van der Waals surface area contributed by atoms with E-state index in [1.54, 1.807) is 16.7 Å². The van der Waals surface area contributed by atoms with E-state index < -0.39 is 0 Å². The van der Waals surface area contributed by atoms with Gasteiger partial charge in [-0.2, -0.15) is 5.10 Å². The van der Waals surface area contributed by atoms with Gasteiger partial charge in [0.25, 0.3) is 5.56 Å². The van der Waals surface area contributed by atoms with E-state index in [9.17, 15) is 14.0 Å². The maximum absolute atomic E-state index is 13.2. The number of carbonyl (C=O) groups is 1. The van der Waals surface area contributed by atoms with E-state index in [2.05, 4.69) is 29.2 Å². The Morgan fingerprint density at radius 2 is 2.10 bits per heavy atom. The van der Waals surface area contributed by atoms with Crippen molar-refractivity contribution in [2.75, 3.05) is 12.3 Å². The average Bonchev–Trinajstić information content (AvgIpc) is 3.27. The second kappa shape index (κ2) is 7.98. The lowest BCUT2D eigenvalue weighted by Gasteiger charge is -2.14. The molecule has 0 saturated heterocycles. The van der Waals surface area contributed by atoms with Gasteiger partial charge in [-0.25, -0.2) is 14.1 Å². The summed E-state index contributed by atoms with van der Waals surface area (Å²) in [7, 11) is 0. The Morgan fingerprint density at radius 1 is 1.34 bits per heavy atom. The monoisotopic (exact) mass is 415 g/mol. The molecule has 1 amide bonds. The molecule has 9 heteroatoms. The number of nitrogens with zero attached hydrogens (tertiary/aromatic N) is 4. The zero-order valence-corrected chi connectivity index (χ0v) is 17.1. The molecule has 2 aromatic heterocycles. The minimum Gasteiger partial charge on any atom is -0.356 e. The summed E-state index contributed by atoms with van der Waals surface area (Å²) in [5.74, 6) is 0.745. The number of halogens is 1. The first-order valence-electron chi connectivity index (χ1n) is 9.59. The van der Waals surface area contributed by atoms with Crippen LogP contribution in [0.1, 0.15) is 32.7 Å². The molecule has 0 radical (unpaired) electrons. The molecule has 0 fully saturated rings. The molecule has 1 atom stereocenters. The SMILES string of the molecule is CC(C)CCNC(=O)CC1CSc2nc3c(cnn3-c3ccc(F)cc3)c(=O)n21. The van der Waals surface area contributed by atoms with Gasteiger partial charge >= 0.3 is 0 Å². The largest absolute Gasteiger partial charge is 0.356 e. The van der Waals surface area contributed by atoms with Crippen LogP contribution in [-0.2, 0) is 4.79 Å². The van der Waals surface area contributed by atoms with Gasteiger partial charge in [0.05, 0.1) is 17.9 Å². The predicted molar refractivity (Wildman–Crippen MR) is 110 cm³/mol. The third kappa shape index (κ3) is 3.91. The van der Waals surface area contributed by atoms with Crippen molar-refractivity contribution in [3.8, 4) is 5.69 Å². The van der Waals surface area contributed by atoms with Crippen molar-refractivity contribution in [3.63, 3.8) is 0 Å². The minimum atomic E-state index is -0.343. The predicted octanol–water partition coefficient (Wildman–Crippen LogP) is 2.92. The van der Waals surface area contributed by atoms with Crippen LogP contribution in [0.3, 0.4) is 0 Å². The molecule has 1 aliphatic heterocycles. The Bertz CT molecular complexity index is 1110. The third-order valence-electron chi connectivity index (χ3n) is 4.91. The van der Waals surface area contributed by atoms with Crippen LogP contribution in [0.4, 0.5) is 4.39 Å². The molecule has 3 heterocycles. The quantitative estimate of drug-likeness (QED) is 0.626. The first-order valence-corrected chi connectivity index (χ1v) is 10.6. The summed E-state index contributed by atoms with van der Waals surface area (Å²) >= 11 is 1.46. The lowest BCUT2D eigenvalue weighted by atomic mass is 10.1. The highest BCUT2D eigenvalue weighted by atomic mass is 32.2. The van der Waals surface area contributed by atoms with Crippen LogP contribution in [-0.4, -0.2) is 37.5 Å². The van der Waals surface area contributed by atoms with Gasteiger partial charge in [-0.15, -0.1) is 0 Å². The zero-order chi connectivity index (χ0) is 20.5. The van der Waals surface area contributed by atoms with Crippen molar-refractivity contribution >= 4 is 28.7 Å². The fraction of sp³-hybridized carbons (Fsp3) is 0.400. The van der Waals surface area contributed by atoms with Gasteiger partial charge in [-0.1, -0.05) is 25.6 Å². The van der Waals surface area contributed by atoms with E-state index in [1.165, 1.54) is 34.8 Å². The van der Waals surface area contributed by atoms with E-state index in [0.29, 0.717) is 40.1 Å². The highest BCUT2D eigenvalue weighted by molar-refractivity contribution is 7.99. The molecule has 0 aliphatic carbocycles. The van der Waals surface area contributed by atoms with E-state index in [4.69, 9.17) is 0 Å². The fourth-order valence-corrected chi connectivity index (χ4v) is 4.47. The maximum Gasteiger partial charge on any atom is 0.265 e. The second-order valence-corrected chi connectivity index (χ2v) is 8.53.